The molecule has 70 valence electrons. The van der Waals surface area contributed by atoms with Gasteiger partial charge in [-0.1, -0.05) is 38.3 Å². The number of rotatable bonds is 4. The fourth-order valence-corrected chi connectivity index (χ4v) is 2.13. The van der Waals surface area contributed by atoms with Crippen LogP contribution in [0.1, 0.15) is 58.8 Å². The molecule has 0 aromatic carbocycles. The first-order chi connectivity index (χ1) is 5.83. The van der Waals surface area contributed by atoms with Crippen molar-refractivity contribution in [3.8, 4) is 0 Å². The molecule has 0 heteroatoms. The van der Waals surface area contributed by atoms with E-state index in [-0.39, 0.29) is 0 Å². The van der Waals surface area contributed by atoms with E-state index < -0.39 is 0 Å². The molecule has 0 aromatic rings. The van der Waals surface area contributed by atoms with Crippen LogP contribution in [0, 0.1) is 5.92 Å². The van der Waals surface area contributed by atoms with Crippen LogP contribution in [0.25, 0.3) is 0 Å². The first kappa shape index (κ1) is 9.83. The van der Waals surface area contributed by atoms with E-state index in [1.807, 2.05) is 0 Å². The highest BCUT2D eigenvalue weighted by molar-refractivity contribution is 5.05. The molecule has 1 aliphatic carbocycles. The summed E-state index contributed by atoms with van der Waals surface area (Å²) in [5.41, 5.74) is 1.74. The minimum Gasteiger partial charge on any atom is -0.0853 e. The average Bonchev–Trinajstić information content (AvgIpc) is 2.06. The summed E-state index contributed by atoms with van der Waals surface area (Å²) < 4.78 is 0. The van der Waals surface area contributed by atoms with Crippen LogP contribution in [0.5, 0.6) is 0 Å². The van der Waals surface area contributed by atoms with Gasteiger partial charge in [-0.2, -0.15) is 0 Å². The Morgan fingerprint density at radius 3 is 2.83 bits per heavy atom. The van der Waals surface area contributed by atoms with Crippen LogP contribution < -0.4 is 0 Å². The van der Waals surface area contributed by atoms with Crippen molar-refractivity contribution in [2.24, 2.45) is 5.92 Å². The van der Waals surface area contributed by atoms with E-state index in [1.165, 1.54) is 44.9 Å². The maximum Gasteiger partial charge on any atom is -0.0294 e. The Morgan fingerprint density at radius 1 is 1.42 bits per heavy atom. The molecule has 0 spiro atoms. The number of allylic oxidation sites excluding steroid dienone is 2. The molecular formula is C12H22. The van der Waals surface area contributed by atoms with Gasteiger partial charge in [0.15, 0.2) is 0 Å². The molecule has 1 aliphatic rings. The van der Waals surface area contributed by atoms with Crippen LogP contribution >= 0.6 is 0 Å². The van der Waals surface area contributed by atoms with Crippen molar-refractivity contribution in [2.45, 2.75) is 58.8 Å². The maximum absolute atomic E-state index is 2.48. The molecule has 0 aliphatic heterocycles. The molecule has 1 unspecified atom stereocenters. The highest BCUT2D eigenvalue weighted by Crippen LogP contribution is 2.25. The maximum atomic E-state index is 2.48. The van der Waals surface area contributed by atoms with Crippen molar-refractivity contribution in [2.75, 3.05) is 0 Å². The Hall–Kier alpha value is -0.260. The third-order valence-corrected chi connectivity index (χ3v) is 2.78. The van der Waals surface area contributed by atoms with Gasteiger partial charge in [0.05, 0.1) is 0 Å². The zero-order valence-electron chi connectivity index (χ0n) is 8.60. The molecule has 0 radical (unpaired) electrons. The summed E-state index contributed by atoms with van der Waals surface area (Å²) >= 11 is 0. The Morgan fingerprint density at radius 2 is 2.25 bits per heavy atom. The van der Waals surface area contributed by atoms with Crippen LogP contribution in [0.15, 0.2) is 11.6 Å². The van der Waals surface area contributed by atoms with Crippen LogP contribution in [-0.4, -0.2) is 0 Å². The van der Waals surface area contributed by atoms with Crippen molar-refractivity contribution in [3.63, 3.8) is 0 Å². The molecule has 1 rings (SSSR count). The normalized spacial score (nSPS) is 20.3. The molecule has 0 heterocycles. The van der Waals surface area contributed by atoms with E-state index in [2.05, 4.69) is 19.9 Å². The van der Waals surface area contributed by atoms with Gasteiger partial charge in [-0.25, -0.2) is 0 Å². The highest BCUT2D eigenvalue weighted by atomic mass is 14.1. The van der Waals surface area contributed by atoms with Crippen LogP contribution in [0.2, 0.25) is 0 Å². The standard InChI is InChI=1S/C12H22/c1-3-7-11(2)10-12-8-5-4-6-9-12/h8,11H,3-7,9-10H2,1-2H3. The van der Waals surface area contributed by atoms with Crippen molar-refractivity contribution in [3.05, 3.63) is 11.6 Å². The molecule has 0 aromatic heterocycles. The third-order valence-electron chi connectivity index (χ3n) is 2.78. The molecule has 0 amide bonds. The summed E-state index contributed by atoms with van der Waals surface area (Å²) in [5, 5.41) is 0. The lowest BCUT2D eigenvalue weighted by Crippen LogP contribution is -1.99. The lowest BCUT2D eigenvalue weighted by molar-refractivity contribution is 0.502. The highest BCUT2D eigenvalue weighted by Gasteiger charge is 2.07. The fraction of sp³-hybridized carbons (Fsp3) is 0.833. The van der Waals surface area contributed by atoms with Gasteiger partial charge in [-0.05, 0) is 38.0 Å². The SMILES string of the molecule is CCCC(C)CC1=CCCCC1. The quantitative estimate of drug-likeness (QED) is 0.546. The molecule has 12 heavy (non-hydrogen) atoms. The average molecular weight is 166 g/mol. The largest absolute Gasteiger partial charge is 0.0853 e. The van der Waals surface area contributed by atoms with Gasteiger partial charge in [0.2, 0.25) is 0 Å². The molecule has 0 N–H and O–H groups in total. The van der Waals surface area contributed by atoms with Gasteiger partial charge in [-0.15, -0.1) is 0 Å². The van der Waals surface area contributed by atoms with Crippen molar-refractivity contribution < 1.29 is 0 Å². The summed E-state index contributed by atoms with van der Waals surface area (Å²) in [4.78, 5) is 0. The molecule has 0 saturated heterocycles. The lowest BCUT2D eigenvalue weighted by atomic mass is 9.90. The van der Waals surface area contributed by atoms with Crippen molar-refractivity contribution in [1.82, 2.24) is 0 Å². The molecule has 0 fully saturated rings. The predicted octanol–water partition coefficient (Wildman–Crippen LogP) is 4.31. The van der Waals surface area contributed by atoms with Crippen LogP contribution in [-0.2, 0) is 0 Å². The Kier molecular flexibility index (Phi) is 4.42. The third kappa shape index (κ3) is 3.42. The fourth-order valence-electron chi connectivity index (χ4n) is 2.13. The minimum atomic E-state index is 0.916. The summed E-state index contributed by atoms with van der Waals surface area (Å²) in [6, 6.07) is 0. The van der Waals surface area contributed by atoms with Gasteiger partial charge < -0.3 is 0 Å². The van der Waals surface area contributed by atoms with Gasteiger partial charge in [-0.3, -0.25) is 0 Å². The van der Waals surface area contributed by atoms with Crippen molar-refractivity contribution >= 4 is 0 Å². The summed E-state index contributed by atoms with van der Waals surface area (Å²) in [6.45, 7) is 4.67. The van der Waals surface area contributed by atoms with E-state index in [0.717, 1.165) is 5.92 Å². The Labute approximate surface area is 77.1 Å². The smallest absolute Gasteiger partial charge is 0.0294 e. The zero-order chi connectivity index (χ0) is 8.81. The van der Waals surface area contributed by atoms with Gasteiger partial charge in [0, 0.05) is 0 Å². The molecule has 0 nitrogen and oxygen atoms in total. The predicted molar refractivity (Wildman–Crippen MR) is 55.2 cm³/mol. The second-order valence-electron chi connectivity index (χ2n) is 4.21. The van der Waals surface area contributed by atoms with E-state index in [1.54, 1.807) is 5.57 Å². The van der Waals surface area contributed by atoms with Crippen LogP contribution in [0.3, 0.4) is 0 Å². The monoisotopic (exact) mass is 166 g/mol. The van der Waals surface area contributed by atoms with E-state index in [4.69, 9.17) is 0 Å². The summed E-state index contributed by atoms with van der Waals surface area (Å²) in [6.07, 6.45) is 12.2. The van der Waals surface area contributed by atoms with Gasteiger partial charge in [0.1, 0.15) is 0 Å². The second kappa shape index (κ2) is 5.40. The summed E-state index contributed by atoms with van der Waals surface area (Å²) in [5.74, 6) is 0.916. The molecule has 1 atom stereocenters. The lowest BCUT2D eigenvalue weighted by Gasteiger charge is -2.16. The van der Waals surface area contributed by atoms with Crippen molar-refractivity contribution in [1.29, 1.82) is 0 Å². The molecular weight excluding hydrogens is 144 g/mol. The molecule has 0 bridgehead atoms. The summed E-state index contributed by atoms with van der Waals surface area (Å²) in [7, 11) is 0. The number of hydrogen-bond acceptors (Lipinski definition) is 0. The van der Waals surface area contributed by atoms with E-state index >= 15 is 0 Å². The van der Waals surface area contributed by atoms with Crippen LogP contribution in [0.4, 0.5) is 0 Å². The molecule has 0 saturated carbocycles. The van der Waals surface area contributed by atoms with E-state index in [0.29, 0.717) is 0 Å². The van der Waals surface area contributed by atoms with Gasteiger partial charge >= 0.3 is 0 Å². The minimum absolute atomic E-state index is 0.916. The first-order valence-electron chi connectivity index (χ1n) is 5.50. The zero-order valence-corrected chi connectivity index (χ0v) is 8.60. The topological polar surface area (TPSA) is 0 Å². The van der Waals surface area contributed by atoms with E-state index in [9.17, 15) is 0 Å². The Balaban J connectivity index is 2.24. The number of hydrogen-bond donors (Lipinski definition) is 0. The second-order valence-corrected chi connectivity index (χ2v) is 4.21. The Bertz CT molecular complexity index is 144. The van der Waals surface area contributed by atoms with Gasteiger partial charge in [0.25, 0.3) is 0 Å². The first-order valence-corrected chi connectivity index (χ1v) is 5.50.